The lowest BCUT2D eigenvalue weighted by Crippen LogP contribution is -2.33. The average Bonchev–Trinajstić information content (AvgIpc) is 2.80. The van der Waals surface area contributed by atoms with Gasteiger partial charge in [0.2, 0.25) is 11.7 Å². The van der Waals surface area contributed by atoms with Gasteiger partial charge in [0.05, 0.1) is 12.1 Å². The highest BCUT2D eigenvalue weighted by molar-refractivity contribution is 7.95. The molecule has 0 saturated heterocycles. The fourth-order valence-electron chi connectivity index (χ4n) is 2.95. The fraction of sp³-hybridized carbons (Fsp3) is 0.227. The molecule has 32 heavy (non-hydrogen) atoms. The van der Waals surface area contributed by atoms with Crippen LogP contribution in [0.2, 0.25) is 0 Å². The molecular formula is C22H24N6O3S. The number of aryl methyl sites for hydroxylation is 1. The number of anilines is 1. The maximum atomic E-state index is 12.3. The first-order valence-corrected chi connectivity index (χ1v) is 11.5. The van der Waals surface area contributed by atoms with Gasteiger partial charge < -0.3 is 5.32 Å². The third-order valence-electron chi connectivity index (χ3n) is 4.58. The van der Waals surface area contributed by atoms with Crippen LogP contribution < -0.4 is 9.62 Å². The van der Waals surface area contributed by atoms with Gasteiger partial charge in [-0.15, -0.1) is 20.4 Å². The summed E-state index contributed by atoms with van der Waals surface area (Å²) in [5.41, 5.74) is 2.15. The number of carbonyl (C=O) groups is 1. The number of para-hydroxylation sites is 1. The summed E-state index contributed by atoms with van der Waals surface area (Å²) in [6.07, 6.45) is 0.663. The molecule has 0 radical (unpaired) electrons. The van der Waals surface area contributed by atoms with Gasteiger partial charge in [-0.3, -0.25) is 9.10 Å². The van der Waals surface area contributed by atoms with E-state index in [0.717, 1.165) is 16.5 Å². The number of hydrogen-bond acceptors (Lipinski definition) is 7. The molecule has 3 aromatic rings. The predicted molar refractivity (Wildman–Crippen MR) is 122 cm³/mol. The van der Waals surface area contributed by atoms with Gasteiger partial charge in [0.1, 0.15) is 0 Å². The van der Waals surface area contributed by atoms with E-state index in [2.05, 4.69) is 32.3 Å². The number of hydrogen-bond donors (Lipinski definition) is 1. The van der Waals surface area contributed by atoms with Crippen molar-refractivity contribution in [2.24, 2.45) is 0 Å². The topological polar surface area (TPSA) is 118 Å². The summed E-state index contributed by atoms with van der Waals surface area (Å²) in [4.78, 5) is 12.3. The number of nitrogens with zero attached hydrogens (tertiary/aromatic N) is 5. The van der Waals surface area contributed by atoms with Crippen LogP contribution in [0.15, 0.2) is 66.6 Å². The van der Waals surface area contributed by atoms with E-state index in [-0.39, 0.29) is 18.9 Å². The van der Waals surface area contributed by atoms with Gasteiger partial charge in [0.15, 0.2) is 5.82 Å². The first kappa shape index (κ1) is 23.0. The Hall–Kier alpha value is -3.66. The number of sulfonamides is 1. The smallest absolute Gasteiger partial charge is 0.256 e. The van der Waals surface area contributed by atoms with Gasteiger partial charge in [-0.2, -0.15) is 0 Å². The first-order valence-electron chi connectivity index (χ1n) is 9.99. The molecule has 1 N–H and O–H groups in total. The fourth-order valence-corrected chi connectivity index (χ4v) is 3.93. The molecule has 1 aromatic heterocycles. The third-order valence-corrected chi connectivity index (χ3v) is 6.01. The summed E-state index contributed by atoms with van der Waals surface area (Å²) in [7, 11) is -3.63. The molecule has 1 amide bonds. The van der Waals surface area contributed by atoms with E-state index in [4.69, 9.17) is 0 Å². The van der Waals surface area contributed by atoms with E-state index >= 15 is 0 Å². The molecule has 0 bridgehead atoms. The second-order valence-corrected chi connectivity index (χ2v) is 8.77. The van der Waals surface area contributed by atoms with Crippen LogP contribution in [0.1, 0.15) is 17.8 Å². The summed E-state index contributed by atoms with van der Waals surface area (Å²) in [5, 5.41) is 19.5. The van der Waals surface area contributed by atoms with Crippen LogP contribution in [0, 0.1) is 6.92 Å². The highest BCUT2D eigenvalue weighted by Gasteiger charge is 2.18. The van der Waals surface area contributed by atoms with Gasteiger partial charge in [0.25, 0.3) is 10.0 Å². The highest BCUT2D eigenvalue weighted by Crippen LogP contribution is 2.18. The number of carbonyl (C=O) groups excluding carboxylic acids is 1. The van der Waals surface area contributed by atoms with Crippen molar-refractivity contribution in [3.63, 3.8) is 0 Å². The monoisotopic (exact) mass is 452 g/mol. The van der Waals surface area contributed by atoms with Gasteiger partial charge in [-0.25, -0.2) is 8.42 Å². The molecule has 0 atom stereocenters. The molecule has 1 heterocycles. The van der Waals surface area contributed by atoms with E-state index < -0.39 is 10.0 Å². The molecule has 3 rings (SSSR count). The minimum atomic E-state index is -3.63. The Bertz CT molecular complexity index is 1150. The summed E-state index contributed by atoms with van der Waals surface area (Å²) >= 11 is 0. The molecule has 0 fully saturated rings. The van der Waals surface area contributed by atoms with Crippen molar-refractivity contribution in [2.45, 2.75) is 19.8 Å². The molecule has 166 valence electrons. The SMILES string of the molecule is C=CS(=O)(=O)N(CCCNC(=O)Cc1ccc(-c2nnc(C)nn2)cc1)c1ccccc1. The molecule has 0 spiro atoms. The lowest BCUT2D eigenvalue weighted by atomic mass is 10.1. The van der Waals surface area contributed by atoms with Gasteiger partial charge in [-0.05, 0) is 31.0 Å². The van der Waals surface area contributed by atoms with Crippen LogP contribution in [0.3, 0.4) is 0 Å². The molecule has 10 heteroatoms. The summed E-state index contributed by atoms with van der Waals surface area (Å²) in [5.74, 6) is 0.769. The predicted octanol–water partition coefficient (Wildman–Crippen LogP) is 2.27. The number of aromatic nitrogens is 4. The maximum absolute atomic E-state index is 12.3. The second-order valence-electron chi connectivity index (χ2n) is 6.97. The molecule has 0 aliphatic rings. The van der Waals surface area contributed by atoms with E-state index in [1.807, 2.05) is 30.3 Å². The van der Waals surface area contributed by atoms with E-state index in [1.165, 1.54) is 4.31 Å². The quantitative estimate of drug-likeness (QED) is 0.469. The molecule has 0 saturated carbocycles. The number of amides is 1. The summed E-state index contributed by atoms with van der Waals surface area (Å²) < 4.78 is 25.9. The zero-order valence-corrected chi connectivity index (χ0v) is 18.5. The van der Waals surface area contributed by atoms with Crippen LogP contribution in [-0.4, -0.2) is 47.8 Å². The number of benzene rings is 2. The summed E-state index contributed by atoms with van der Waals surface area (Å²) in [6.45, 7) is 5.69. The van der Waals surface area contributed by atoms with Crippen LogP contribution in [0.4, 0.5) is 5.69 Å². The first-order chi connectivity index (χ1) is 15.4. The highest BCUT2D eigenvalue weighted by atomic mass is 32.2. The molecule has 9 nitrogen and oxygen atoms in total. The lowest BCUT2D eigenvalue weighted by molar-refractivity contribution is -0.120. The minimum absolute atomic E-state index is 0.148. The Morgan fingerprint density at radius 3 is 2.31 bits per heavy atom. The zero-order valence-electron chi connectivity index (χ0n) is 17.7. The third kappa shape index (κ3) is 6.17. The standard InChI is InChI=1S/C22H24N6O3S/c1-3-32(30,31)28(20-8-5-4-6-9-20)15-7-14-23-21(29)16-18-10-12-19(13-11-18)22-26-24-17(2)25-27-22/h3-6,8-13H,1,7,14-16H2,2H3,(H,23,29). The van der Waals surface area contributed by atoms with Gasteiger partial charge >= 0.3 is 0 Å². The van der Waals surface area contributed by atoms with E-state index in [9.17, 15) is 13.2 Å². The van der Waals surface area contributed by atoms with Crippen molar-refractivity contribution in [3.8, 4) is 11.4 Å². The van der Waals surface area contributed by atoms with Crippen molar-refractivity contribution in [3.05, 3.63) is 78.0 Å². The lowest BCUT2D eigenvalue weighted by Gasteiger charge is -2.22. The molecule has 0 aliphatic carbocycles. The maximum Gasteiger partial charge on any atom is 0.256 e. The van der Waals surface area contributed by atoms with Crippen LogP contribution in [0.5, 0.6) is 0 Å². The van der Waals surface area contributed by atoms with Crippen molar-refractivity contribution < 1.29 is 13.2 Å². The molecule has 0 unspecified atom stereocenters. The van der Waals surface area contributed by atoms with Crippen molar-refractivity contribution in [1.29, 1.82) is 0 Å². The zero-order chi connectivity index (χ0) is 23.0. The largest absolute Gasteiger partial charge is 0.356 e. The number of rotatable bonds is 10. The normalized spacial score (nSPS) is 11.0. The second kappa shape index (κ2) is 10.6. The average molecular weight is 453 g/mol. The molecular weight excluding hydrogens is 428 g/mol. The summed E-state index contributed by atoms with van der Waals surface area (Å²) in [6, 6.07) is 16.1. The van der Waals surface area contributed by atoms with Crippen molar-refractivity contribution in [1.82, 2.24) is 25.7 Å². The van der Waals surface area contributed by atoms with E-state index in [1.54, 1.807) is 31.2 Å². The van der Waals surface area contributed by atoms with Gasteiger partial charge in [-0.1, -0.05) is 49.0 Å². The Morgan fingerprint density at radius 2 is 1.69 bits per heavy atom. The van der Waals surface area contributed by atoms with Crippen molar-refractivity contribution in [2.75, 3.05) is 17.4 Å². The van der Waals surface area contributed by atoms with Crippen molar-refractivity contribution >= 4 is 21.6 Å². The molecule has 2 aromatic carbocycles. The Balaban J connectivity index is 1.50. The van der Waals surface area contributed by atoms with Gasteiger partial charge in [0, 0.05) is 24.1 Å². The Morgan fingerprint density at radius 1 is 1.03 bits per heavy atom. The van der Waals surface area contributed by atoms with Crippen LogP contribution in [0.25, 0.3) is 11.4 Å². The number of nitrogens with one attached hydrogen (secondary N) is 1. The van der Waals surface area contributed by atoms with Crippen LogP contribution in [-0.2, 0) is 21.2 Å². The minimum Gasteiger partial charge on any atom is -0.356 e. The Labute approximate surface area is 187 Å². The molecule has 0 aliphatic heterocycles. The Kier molecular flexibility index (Phi) is 7.61. The van der Waals surface area contributed by atoms with Crippen LogP contribution >= 0.6 is 0 Å². The van der Waals surface area contributed by atoms with E-state index in [0.29, 0.717) is 30.3 Å².